The molecule has 140 valence electrons. The molecular formula is C23H27N3O. The van der Waals surface area contributed by atoms with E-state index in [0.717, 1.165) is 35.9 Å². The minimum absolute atomic E-state index is 0.854. The number of hydrogen-bond acceptors (Lipinski definition) is 3. The normalized spacial score (nSPS) is 11.1. The molecule has 4 nitrogen and oxygen atoms in total. The van der Waals surface area contributed by atoms with Gasteiger partial charge in [-0.05, 0) is 81.4 Å². The Bertz CT molecular complexity index is 888. The SMILES string of the molecule is CCN(CC)c1ccc(N=Cc2ccc(C)n2-c2ccc(OC)cc2)cc1. The Balaban J connectivity index is 1.83. The molecule has 27 heavy (non-hydrogen) atoms. The molecule has 3 aromatic rings. The van der Waals surface area contributed by atoms with Gasteiger partial charge in [0.05, 0.1) is 24.7 Å². The standard InChI is InChI=1S/C23H27N3O/c1-5-25(6-2)20-11-8-19(9-12-20)24-17-22-10-7-18(3)26(22)21-13-15-23(27-4)16-14-21/h7-17H,5-6H2,1-4H3. The molecule has 0 radical (unpaired) electrons. The van der Waals surface area contributed by atoms with Gasteiger partial charge in [0.1, 0.15) is 5.75 Å². The van der Waals surface area contributed by atoms with Crippen molar-refractivity contribution in [3.63, 3.8) is 0 Å². The average Bonchev–Trinajstić information content (AvgIpc) is 3.08. The Morgan fingerprint density at radius 2 is 1.59 bits per heavy atom. The molecule has 3 rings (SSSR count). The maximum atomic E-state index is 5.26. The Kier molecular flexibility index (Phi) is 5.97. The number of nitrogens with zero attached hydrogens (tertiary/aromatic N) is 3. The van der Waals surface area contributed by atoms with Crippen molar-refractivity contribution in [2.24, 2.45) is 4.99 Å². The summed E-state index contributed by atoms with van der Waals surface area (Å²) in [5, 5.41) is 0. The number of benzene rings is 2. The van der Waals surface area contributed by atoms with Crippen LogP contribution < -0.4 is 9.64 Å². The van der Waals surface area contributed by atoms with Crippen LogP contribution in [0, 0.1) is 6.92 Å². The number of ether oxygens (including phenoxy) is 1. The number of methoxy groups -OCH3 is 1. The van der Waals surface area contributed by atoms with Crippen molar-refractivity contribution < 1.29 is 4.74 Å². The van der Waals surface area contributed by atoms with E-state index >= 15 is 0 Å². The van der Waals surface area contributed by atoms with Crippen molar-refractivity contribution in [3.8, 4) is 11.4 Å². The van der Waals surface area contributed by atoms with Crippen molar-refractivity contribution in [1.29, 1.82) is 0 Å². The van der Waals surface area contributed by atoms with Crippen molar-refractivity contribution >= 4 is 17.6 Å². The summed E-state index contributed by atoms with van der Waals surface area (Å²) >= 11 is 0. The number of aryl methyl sites for hydroxylation is 1. The maximum Gasteiger partial charge on any atom is 0.119 e. The van der Waals surface area contributed by atoms with Gasteiger partial charge in [0.25, 0.3) is 0 Å². The van der Waals surface area contributed by atoms with E-state index in [4.69, 9.17) is 4.74 Å². The largest absolute Gasteiger partial charge is 0.497 e. The molecule has 0 saturated heterocycles. The van der Waals surface area contributed by atoms with E-state index < -0.39 is 0 Å². The van der Waals surface area contributed by atoms with Gasteiger partial charge >= 0.3 is 0 Å². The summed E-state index contributed by atoms with van der Waals surface area (Å²) in [6.07, 6.45) is 1.92. The van der Waals surface area contributed by atoms with Crippen LogP contribution in [0.5, 0.6) is 5.75 Å². The lowest BCUT2D eigenvalue weighted by molar-refractivity contribution is 0.414. The van der Waals surface area contributed by atoms with Crippen molar-refractivity contribution in [2.45, 2.75) is 20.8 Å². The summed E-state index contributed by atoms with van der Waals surface area (Å²) in [5.41, 5.74) is 5.49. The molecule has 0 aliphatic heterocycles. The summed E-state index contributed by atoms with van der Waals surface area (Å²) in [7, 11) is 1.68. The third-order valence-electron chi connectivity index (χ3n) is 4.76. The van der Waals surface area contributed by atoms with E-state index in [0.29, 0.717) is 0 Å². The highest BCUT2D eigenvalue weighted by atomic mass is 16.5. The molecule has 0 saturated carbocycles. The zero-order valence-corrected chi connectivity index (χ0v) is 16.5. The molecule has 4 heteroatoms. The van der Waals surface area contributed by atoms with Crippen LogP contribution in [0.1, 0.15) is 25.2 Å². The number of anilines is 1. The molecule has 0 aliphatic carbocycles. The number of hydrogen-bond donors (Lipinski definition) is 0. The summed E-state index contributed by atoms with van der Waals surface area (Å²) in [5.74, 6) is 0.854. The zero-order chi connectivity index (χ0) is 19.2. The molecule has 1 heterocycles. The summed E-state index contributed by atoms with van der Waals surface area (Å²) in [4.78, 5) is 7.00. The second-order valence-electron chi connectivity index (χ2n) is 6.38. The molecule has 0 bridgehead atoms. The summed E-state index contributed by atoms with van der Waals surface area (Å²) in [6.45, 7) is 8.46. The first kappa shape index (κ1) is 18.8. The van der Waals surface area contributed by atoms with Gasteiger partial charge in [0.2, 0.25) is 0 Å². The van der Waals surface area contributed by atoms with Gasteiger partial charge in [-0.3, -0.25) is 4.99 Å². The van der Waals surface area contributed by atoms with E-state index in [2.05, 4.69) is 83.8 Å². The van der Waals surface area contributed by atoms with E-state index in [1.165, 1.54) is 11.4 Å². The lowest BCUT2D eigenvalue weighted by atomic mass is 10.2. The van der Waals surface area contributed by atoms with Gasteiger partial charge in [0, 0.05) is 30.2 Å². The molecular weight excluding hydrogens is 334 g/mol. The molecule has 1 aromatic heterocycles. The fourth-order valence-electron chi connectivity index (χ4n) is 3.22. The van der Waals surface area contributed by atoms with E-state index in [1.54, 1.807) is 7.11 Å². The quantitative estimate of drug-likeness (QED) is 0.528. The first-order valence-corrected chi connectivity index (χ1v) is 9.38. The van der Waals surface area contributed by atoms with Crippen LogP contribution in [0.2, 0.25) is 0 Å². The third-order valence-corrected chi connectivity index (χ3v) is 4.76. The zero-order valence-electron chi connectivity index (χ0n) is 16.5. The summed E-state index contributed by atoms with van der Waals surface area (Å²) in [6, 6.07) is 20.7. The smallest absolute Gasteiger partial charge is 0.119 e. The van der Waals surface area contributed by atoms with Crippen LogP contribution >= 0.6 is 0 Å². The van der Waals surface area contributed by atoms with Crippen LogP contribution in [-0.4, -0.2) is 31.0 Å². The van der Waals surface area contributed by atoms with Crippen LogP contribution in [-0.2, 0) is 0 Å². The number of aromatic nitrogens is 1. The van der Waals surface area contributed by atoms with Crippen LogP contribution in [0.15, 0.2) is 65.7 Å². The van der Waals surface area contributed by atoms with Crippen molar-refractivity contribution in [2.75, 3.05) is 25.1 Å². The topological polar surface area (TPSA) is 29.8 Å². The van der Waals surface area contributed by atoms with Crippen LogP contribution in [0.25, 0.3) is 5.69 Å². The van der Waals surface area contributed by atoms with Gasteiger partial charge in [-0.1, -0.05) is 0 Å². The highest BCUT2D eigenvalue weighted by molar-refractivity contribution is 5.81. The van der Waals surface area contributed by atoms with Gasteiger partial charge in [-0.25, -0.2) is 0 Å². The van der Waals surface area contributed by atoms with Crippen LogP contribution in [0.4, 0.5) is 11.4 Å². The fourth-order valence-corrected chi connectivity index (χ4v) is 3.22. The molecule has 0 aliphatic rings. The van der Waals surface area contributed by atoms with Crippen molar-refractivity contribution in [3.05, 3.63) is 72.1 Å². The monoisotopic (exact) mass is 361 g/mol. The summed E-state index contributed by atoms with van der Waals surface area (Å²) < 4.78 is 7.44. The van der Waals surface area contributed by atoms with Crippen molar-refractivity contribution in [1.82, 2.24) is 4.57 Å². The minimum atomic E-state index is 0.854. The Hall–Kier alpha value is -3.01. The molecule has 0 atom stereocenters. The maximum absolute atomic E-state index is 5.26. The fraction of sp³-hybridized carbons (Fsp3) is 0.261. The van der Waals surface area contributed by atoms with Gasteiger partial charge in [-0.15, -0.1) is 0 Å². The van der Waals surface area contributed by atoms with Gasteiger partial charge in [0.15, 0.2) is 0 Å². The highest BCUT2D eigenvalue weighted by Crippen LogP contribution is 2.22. The third kappa shape index (κ3) is 4.22. The van der Waals surface area contributed by atoms with E-state index in [-0.39, 0.29) is 0 Å². The molecule has 0 fully saturated rings. The van der Waals surface area contributed by atoms with Crippen LogP contribution in [0.3, 0.4) is 0 Å². The molecule has 0 unspecified atom stereocenters. The predicted molar refractivity (Wildman–Crippen MR) is 114 cm³/mol. The second-order valence-corrected chi connectivity index (χ2v) is 6.38. The number of aliphatic imine (C=N–C) groups is 1. The Morgan fingerprint density at radius 3 is 2.19 bits per heavy atom. The first-order chi connectivity index (χ1) is 13.2. The molecule has 0 amide bonds. The predicted octanol–water partition coefficient (Wildman–Crippen LogP) is 5.39. The first-order valence-electron chi connectivity index (χ1n) is 9.38. The number of rotatable bonds is 7. The lowest BCUT2D eigenvalue weighted by Crippen LogP contribution is -2.21. The van der Waals surface area contributed by atoms with Gasteiger partial charge in [-0.2, -0.15) is 0 Å². The highest BCUT2D eigenvalue weighted by Gasteiger charge is 2.06. The lowest BCUT2D eigenvalue weighted by Gasteiger charge is -2.20. The minimum Gasteiger partial charge on any atom is -0.497 e. The Labute approximate surface area is 161 Å². The molecule has 0 spiro atoms. The molecule has 2 aromatic carbocycles. The van der Waals surface area contributed by atoms with E-state index in [9.17, 15) is 0 Å². The average molecular weight is 361 g/mol. The molecule has 0 N–H and O–H groups in total. The van der Waals surface area contributed by atoms with Gasteiger partial charge < -0.3 is 14.2 Å². The van der Waals surface area contributed by atoms with E-state index in [1.807, 2.05) is 18.3 Å². The second kappa shape index (κ2) is 8.58. The Morgan fingerprint density at radius 1 is 0.926 bits per heavy atom.